The predicted molar refractivity (Wildman–Crippen MR) is 97.1 cm³/mol. The van der Waals surface area contributed by atoms with Crippen LogP contribution >= 0.6 is 11.8 Å². The number of aromatic nitrogens is 4. The molecule has 8 heteroatoms. The van der Waals surface area contributed by atoms with Gasteiger partial charge < -0.3 is 9.15 Å². The molecule has 130 valence electrons. The first-order valence-electron chi connectivity index (χ1n) is 7.80. The molecular weight excluding hydrogens is 352 g/mol. The van der Waals surface area contributed by atoms with E-state index in [9.17, 15) is 4.79 Å². The lowest BCUT2D eigenvalue weighted by molar-refractivity contribution is 0.410. The second kappa shape index (κ2) is 6.64. The van der Waals surface area contributed by atoms with Crippen LogP contribution in [-0.4, -0.2) is 27.3 Å². The smallest absolute Gasteiger partial charge is 0.337 e. The molecule has 0 bridgehead atoms. The fraction of sp³-hybridized carbons (Fsp3) is 0.111. The van der Waals surface area contributed by atoms with Gasteiger partial charge in [0.15, 0.2) is 0 Å². The topological polar surface area (TPSA) is 83.0 Å². The van der Waals surface area contributed by atoms with Crippen LogP contribution in [-0.2, 0) is 0 Å². The highest BCUT2D eigenvalue weighted by molar-refractivity contribution is 7.99. The highest BCUT2D eigenvalue weighted by Gasteiger charge is 2.16. The SMILES string of the molecule is COc1ccc(C)cc1-n1nnnc1Sc1cc(=O)oc2ccccc12. The van der Waals surface area contributed by atoms with Crippen molar-refractivity contribution < 1.29 is 9.15 Å². The Bertz CT molecular complexity index is 1150. The number of nitrogens with zero attached hydrogens (tertiary/aromatic N) is 4. The number of benzene rings is 2. The Labute approximate surface area is 152 Å². The summed E-state index contributed by atoms with van der Waals surface area (Å²) in [7, 11) is 1.60. The second-order valence-electron chi connectivity index (χ2n) is 5.58. The zero-order chi connectivity index (χ0) is 18.1. The van der Waals surface area contributed by atoms with Crippen molar-refractivity contribution in [3.05, 3.63) is 64.5 Å². The van der Waals surface area contributed by atoms with Crippen molar-refractivity contribution in [2.24, 2.45) is 0 Å². The number of tetrazole rings is 1. The van der Waals surface area contributed by atoms with Crippen molar-refractivity contribution in [3.63, 3.8) is 0 Å². The summed E-state index contributed by atoms with van der Waals surface area (Å²) in [4.78, 5) is 12.6. The molecule has 0 radical (unpaired) electrons. The van der Waals surface area contributed by atoms with E-state index in [-0.39, 0.29) is 0 Å². The number of para-hydroxylation sites is 1. The maximum absolute atomic E-state index is 11.9. The van der Waals surface area contributed by atoms with Gasteiger partial charge in [0.1, 0.15) is 17.0 Å². The maximum atomic E-state index is 11.9. The normalized spacial score (nSPS) is 11.0. The summed E-state index contributed by atoms with van der Waals surface area (Å²) in [5, 5.41) is 13.3. The molecule has 0 N–H and O–H groups in total. The van der Waals surface area contributed by atoms with Gasteiger partial charge in [0, 0.05) is 16.3 Å². The van der Waals surface area contributed by atoms with E-state index in [2.05, 4.69) is 15.5 Å². The van der Waals surface area contributed by atoms with E-state index in [1.54, 1.807) is 17.9 Å². The Balaban J connectivity index is 1.83. The summed E-state index contributed by atoms with van der Waals surface area (Å²) in [5.41, 5.74) is 1.89. The molecule has 2 aromatic carbocycles. The van der Waals surface area contributed by atoms with Crippen molar-refractivity contribution >= 4 is 22.7 Å². The van der Waals surface area contributed by atoms with Crippen LogP contribution in [0.25, 0.3) is 16.7 Å². The van der Waals surface area contributed by atoms with Crippen LogP contribution < -0.4 is 10.4 Å². The molecule has 0 fully saturated rings. The first-order chi connectivity index (χ1) is 12.7. The molecule has 0 saturated carbocycles. The van der Waals surface area contributed by atoms with Crippen molar-refractivity contribution in [1.82, 2.24) is 20.2 Å². The van der Waals surface area contributed by atoms with Crippen LogP contribution in [0.4, 0.5) is 0 Å². The van der Waals surface area contributed by atoms with Gasteiger partial charge >= 0.3 is 5.63 Å². The molecule has 7 nitrogen and oxygen atoms in total. The summed E-state index contributed by atoms with van der Waals surface area (Å²) in [6.45, 7) is 1.98. The van der Waals surface area contributed by atoms with Crippen molar-refractivity contribution in [1.29, 1.82) is 0 Å². The van der Waals surface area contributed by atoms with Crippen LogP contribution in [0, 0.1) is 6.92 Å². The Morgan fingerprint density at radius 2 is 2.00 bits per heavy atom. The Morgan fingerprint density at radius 1 is 1.15 bits per heavy atom. The van der Waals surface area contributed by atoms with E-state index < -0.39 is 5.63 Å². The van der Waals surface area contributed by atoms with Gasteiger partial charge in [-0.3, -0.25) is 0 Å². The molecule has 0 aliphatic heterocycles. The highest BCUT2D eigenvalue weighted by Crippen LogP contribution is 2.33. The first kappa shape index (κ1) is 16.3. The number of fused-ring (bicyclic) bond motifs is 1. The lowest BCUT2D eigenvalue weighted by Gasteiger charge is -2.10. The number of hydrogen-bond acceptors (Lipinski definition) is 7. The molecule has 2 heterocycles. The van der Waals surface area contributed by atoms with Crippen LogP contribution in [0.1, 0.15) is 5.56 Å². The zero-order valence-corrected chi connectivity index (χ0v) is 14.9. The van der Waals surface area contributed by atoms with Crippen molar-refractivity contribution in [3.8, 4) is 11.4 Å². The van der Waals surface area contributed by atoms with E-state index in [4.69, 9.17) is 9.15 Å². The minimum Gasteiger partial charge on any atom is -0.494 e. The number of hydrogen-bond donors (Lipinski definition) is 0. The quantitative estimate of drug-likeness (QED) is 0.513. The standard InChI is InChI=1S/C18H14N4O3S/c1-11-7-8-15(24-2)13(9-11)22-18(19-20-21-22)26-16-10-17(23)25-14-6-4-3-5-12(14)16/h3-10H,1-2H3. The summed E-state index contributed by atoms with van der Waals surface area (Å²) in [6, 6.07) is 14.6. The van der Waals surface area contributed by atoms with Gasteiger partial charge in [0.25, 0.3) is 0 Å². The van der Waals surface area contributed by atoms with Crippen LogP contribution in [0.3, 0.4) is 0 Å². The van der Waals surface area contributed by atoms with Gasteiger partial charge in [0.2, 0.25) is 5.16 Å². The summed E-state index contributed by atoms with van der Waals surface area (Å²) < 4.78 is 12.3. The number of rotatable bonds is 4. The Morgan fingerprint density at radius 3 is 2.85 bits per heavy atom. The summed E-state index contributed by atoms with van der Waals surface area (Å²) in [5.74, 6) is 0.655. The molecule has 0 unspecified atom stereocenters. The summed E-state index contributed by atoms with van der Waals surface area (Å²) >= 11 is 1.30. The Kier molecular flexibility index (Phi) is 4.18. The van der Waals surface area contributed by atoms with Crippen molar-refractivity contribution in [2.75, 3.05) is 7.11 Å². The molecule has 2 aromatic heterocycles. The molecule has 0 amide bonds. The molecule has 0 aliphatic rings. The van der Waals surface area contributed by atoms with Crippen LogP contribution in [0.5, 0.6) is 5.75 Å². The molecule has 0 aliphatic carbocycles. The molecule has 0 saturated heterocycles. The monoisotopic (exact) mass is 366 g/mol. The van der Waals surface area contributed by atoms with Crippen molar-refractivity contribution in [2.45, 2.75) is 17.0 Å². The van der Waals surface area contributed by atoms with Gasteiger partial charge in [-0.2, -0.15) is 4.68 Å². The average molecular weight is 366 g/mol. The molecule has 4 aromatic rings. The van der Waals surface area contributed by atoms with E-state index in [0.717, 1.165) is 21.5 Å². The van der Waals surface area contributed by atoms with Gasteiger partial charge in [-0.15, -0.1) is 5.10 Å². The number of methoxy groups -OCH3 is 1. The summed E-state index contributed by atoms with van der Waals surface area (Å²) in [6.07, 6.45) is 0. The number of ether oxygens (including phenoxy) is 1. The Hall–Kier alpha value is -3.13. The van der Waals surface area contributed by atoms with E-state index in [1.807, 2.05) is 43.3 Å². The van der Waals surface area contributed by atoms with Crippen LogP contribution in [0.2, 0.25) is 0 Å². The third-order valence-electron chi connectivity index (χ3n) is 3.82. The minimum atomic E-state index is -0.418. The zero-order valence-electron chi connectivity index (χ0n) is 14.0. The molecule has 0 atom stereocenters. The predicted octanol–water partition coefficient (Wildman–Crippen LogP) is 3.24. The molecule has 0 spiro atoms. The largest absolute Gasteiger partial charge is 0.494 e. The maximum Gasteiger partial charge on any atom is 0.337 e. The van der Waals surface area contributed by atoms with Crippen LogP contribution in [0.15, 0.2) is 67.8 Å². The van der Waals surface area contributed by atoms with Gasteiger partial charge in [0.05, 0.1) is 7.11 Å². The highest BCUT2D eigenvalue weighted by atomic mass is 32.2. The fourth-order valence-corrected chi connectivity index (χ4v) is 3.55. The van der Waals surface area contributed by atoms with Gasteiger partial charge in [-0.1, -0.05) is 24.3 Å². The lowest BCUT2D eigenvalue weighted by atomic mass is 10.2. The fourth-order valence-electron chi connectivity index (χ4n) is 2.62. The first-order valence-corrected chi connectivity index (χ1v) is 8.61. The molecule has 4 rings (SSSR count). The van der Waals surface area contributed by atoms with E-state index >= 15 is 0 Å². The van der Waals surface area contributed by atoms with E-state index in [1.165, 1.54) is 17.8 Å². The molecule has 26 heavy (non-hydrogen) atoms. The number of aryl methyl sites for hydroxylation is 1. The second-order valence-corrected chi connectivity index (χ2v) is 6.59. The average Bonchev–Trinajstić information content (AvgIpc) is 3.09. The lowest BCUT2D eigenvalue weighted by Crippen LogP contribution is -2.03. The third kappa shape index (κ3) is 2.95. The third-order valence-corrected chi connectivity index (χ3v) is 4.81. The van der Waals surface area contributed by atoms with Gasteiger partial charge in [-0.05, 0) is 52.9 Å². The minimum absolute atomic E-state index is 0.418. The van der Waals surface area contributed by atoms with E-state index in [0.29, 0.717) is 16.5 Å². The van der Waals surface area contributed by atoms with Gasteiger partial charge in [-0.25, -0.2) is 4.79 Å². The molecular formula is C18H14N4O3S.